The van der Waals surface area contributed by atoms with Crippen LogP contribution in [-0.2, 0) is 6.42 Å². The van der Waals surface area contributed by atoms with Crippen LogP contribution in [0.3, 0.4) is 0 Å². The van der Waals surface area contributed by atoms with Gasteiger partial charge in [-0.1, -0.05) is 37.1 Å². The average Bonchev–Trinajstić information content (AvgIpc) is 2.71. The first-order valence-electron chi connectivity index (χ1n) is 13.0. The summed E-state index contributed by atoms with van der Waals surface area (Å²) < 4.78 is 13.3. The van der Waals surface area contributed by atoms with Crippen molar-refractivity contribution in [2.24, 2.45) is 11.8 Å². The van der Waals surface area contributed by atoms with Crippen molar-refractivity contribution in [3.63, 3.8) is 0 Å². The van der Waals surface area contributed by atoms with Crippen molar-refractivity contribution < 1.29 is 19.4 Å². The number of hydrogen-bond donors (Lipinski definition) is 1. The molecular formula is C30H42O4. The second kappa shape index (κ2) is 8.77. The molecule has 4 rings (SSSR count). The third-order valence-corrected chi connectivity index (χ3v) is 8.13. The highest BCUT2D eigenvalue weighted by Crippen LogP contribution is 2.63. The van der Waals surface area contributed by atoms with Crippen molar-refractivity contribution in [3.8, 4) is 17.2 Å². The number of fused-ring (bicyclic) bond motifs is 1. The summed E-state index contributed by atoms with van der Waals surface area (Å²) in [5, 5.41) is 11.6. The van der Waals surface area contributed by atoms with Crippen LogP contribution in [0.1, 0.15) is 115 Å². The molecule has 2 heterocycles. The van der Waals surface area contributed by atoms with Crippen molar-refractivity contribution in [3.05, 3.63) is 40.0 Å². The fourth-order valence-electron chi connectivity index (χ4n) is 6.18. The first kappa shape index (κ1) is 24.9. The molecule has 0 radical (unpaired) electrons. The molecule has 1 saturated carbocycles. The molecule has 1 aliphatic carbocycles. The van der Waals surface area contributed by atoms with Crippen LogP contribution in [-0.4, -0.2) is 22.1 Å². The fourth-order valence-corrected chi connectivity index (χ4v) is 6.18. The van der Waals surface area contributed by atoms with Gasteiger partial charge in [-0.15, -0.1) is 0 Å². The third kappa shape index (κ3) is 4.29. The van der Waals surface area contributed by atoms with Gasteiger partial charge in [-0.3, -0.25) is 4.79 Å². The zero-order valence-electron chi connectivity index (χ0n) is 22.3. The highest BCUT2D eigenvalue weighted by molar-refractivity contribution is 6.04. The lowest BCUT2D eigenvalue weighted by Gasteiger charge is -2.55. The number of rotatable bonds is 7. The van der Waals surface area contributed by atoms with Crippen LogP contribution in [0.5, 0.6) is 17.2 Å². The zero-order valence-corrected chi connectivity index (χ0v) is 22.3. The van der Waals surface area contributed by atoms with E-state index in [9.17, 15) is 9.90 Å². The molecule has 1 aromatic rings. The van der Waals surface area contributed by atoms with Gasteiger partial charge >= 0.3 is 0 Å². The molecule has 34 heavy (non-hydrogen) atoms. The molecule has 186 valence electrons. The summed E-state index contributed by atoms with van der Waals surface area (Å²) in [5.74, 6) is 1.72. The molecule has 4 nitrogen and oxygen atoms in total. The van der Waals surface area contributed by atoms with Crippen molar-refractivity contribution in [1.82, 2.24) is 0 Å². The number of hydrogen-bond acceptors (Lipinski definition) is 4. The Hall–Kier alpha value is -2.23. The van der Waals surface area contributed by atoms with Gasteiger partial charge in [0.15, 0.2) is 5.78 Å². The lowest BCUT2D eigenvalue weighted by atomic mass is 9.61. The van der Waals surface area contributed by atoms with E-state index in [0.717, 1.165) is 49.0 Å². The maximum absolute atomic E-state index is 13.4. The molecule has 2 aliphatic heterocycles. The van der Waals surface area contributed by atoms with Crippen LogP contribution in [0.25, 0.3) is 0 Å². The third-order valence-electron chi connectivity index (χ3n) is 8.13. The number of carbonyl (C=O) groups is 1. The zero-order chi connectivity index (χ0) is 25.0. The van der Waals surface area contributed by atoms with E-state index >= 15 is 0 Å². The Bertz CT molecular complexity index is 1050. The molecule has 0 saturated heterocycles. The molecule has 3 atom stereocenters. The van der Waals surface area contributed by atoms with Gasteiger partial charge in [0.1, 0.15) is 34.0 Å². The first-order valence-corrected chi connectivity index (χ1v) is 13.0. The average molecular weight is 467 g/mol. The van der Waals surface area contributed by atoms with Crippen molar-refractivity contribution in [1.29, 1.82) is 0 Å². The van der Waals surface area contributed by atoms with Gasteiger partial charge in [0.2, 0.25) is 0 Å². The Morgan fingerprint density at radius 1 is 1.12 bits per heavy atom. The van der Waals surface area contributed by atoms with E-state index in [1.807, 2.05) is 13.8 Å². The van der Waals surface area contributed by atoms with E-state index in [1.165, 1.54) is 11.1 Å². The van der Waals surface area contributed by atoms with Gasteiger partial charge in [-0.05, 0) is 80.1 Å². The second-order valence-electron chi connectivity index (χ2n) is 12.1. The molecule has 3 aliphatic rings. The van der Waals surface area contributed by atoms with Crippen molar-refractivity contribution >= 4 is 5.78 Å². The van der Waals surface area contributed by atoms with Gasteiger partial charge in [0, 0.05) is 28.9 Å². The van der Waals surface area contributed by atoms with Crippen LogP contribution >= 0.6 is 0 Å². The summed E-state index contributed by atoms with van der Waals surface area (Å²) in [6, 6.07) is 0. The van der Waals surface area contributed by atoms with Crippen LogP contribution < -0.4 is 9.47 Å². The number of ether oxygens (including phenoxy) is 2. The van der Waals surface area contributed by atoms with E-state index < -0.39 is 0 Å². The summed E-state index contributed by atoms with van der Waals surface area (Å²) in [5.41, 5.74) is 4.07. The number of phenolic OH excluding ortho intramolecular Hbond substituents is 1. The monoisotopic (exact) mass is 466 g/mol. The highest BCUT2D eigenvalue weighted by Gasteiger charge is 2.56. The summed E-state index contributed by atoms with van der Waals surface area (Å²) in [7, 11) is 0. The molecule has 1 N–H and O–H groups in total. The Labute approximate surface area is 205 Å². The van der Waals surface area contributed by atoms with E-state index in [1.54, 1.807) is 0 Å². The van der Waals surface area contributed by atoms with Crippen LogP contribution in [0.4, 0.5) is 0 Å². The van der Waals surface area contributed by atoms with Gasteiger partial charge in [-0.2, -0.15) is 0 Å². The molecular weight excluding hydrogens is 424 g/mol. The Morgan fingerprint density at radius 2 is 1.82 bits per heavy atom. The Kier molecular flexibility index (Phi) is 6.42. The molecule has 0 amide bonds. The predicted octanol–water partition coefficient (Wildman–Crippen LogP) is 7.67. The SMILES string of the molecule is CC(C)=CCCC(C)=CCc1c(O)c(C(=O)C(C)C)c2c3c1OC(C)(C)C1CCC(C)(CC31)O2. The number of allylic oxidation sites excluding steroid dienone is 4. The number of Topliss-reactive ketones (excluding diaryl/α,β-unsaturated/α-hetero) is 1. The van der Waals surface area contributed by atoms with Crippen molar-refractivity contribution in [2.45, 2.75) is 111 Å². The smallest absolute Gasteiger partial charge is 0.172 e. The Balaban J connectivity index is 1.86. The van der Waals surface area contributed by atoms with E-state index in [0.29, 0.717) is 23.7 Å². The highest BCUT2D eigenvalue weighted by atomic mass is 16.5. The minimum Gasteiger partial charge on any atom is -0.507 e. The lowest BCUT2D eigenvalue weighted by molar-refractivity contribution is -0.0736. The molecule has 1 aromatic carbocycles. The summed E-state index contributed by atoms with van der Waals surface area (Å²) in [6.07, 6.45) is 9.85. The minimum absolute atomic E-state index is 0.0404. The van der Waals surface area contributed by atoms with Gasteiger partial charge in [0.25, 0.3) is 0 Å². The maximum Gasteiger partial charge on any atom is 0.172 e. The van der Waals surface area contributed by atoms with E-state index in [-0.39, 0.29) is 34.6 Å². The van der Waals surface area contributed by atoms with Gasteiger partial charge < -0.3 is 14.6 Å². The summed E-state index contributed by atoms with van der Waals surface area (Å²) >= 11 is 0. The van der Waals surface area contributed by atoms with Crippen LogP contribution in [0.15, 0.2) is 23.3 Å². The number of carbonyl (C=O) groups excluding carboxylic acids is 1. The first-order chi connectivity index (χ1) is 15.8. The number of benzene rings is 1. The normalized spacial score (nSPS) is 26.6. The number of phenols is 1. The van der Waals surface area contributed by atoms with Gasteiger partial charge in [-0.25, -0.2) is 0 Å². The summed E-state index contributed by atoms with van der Waals surface area (Å²) in [4.78, 5) is 13.4. The van der Waals surface area contributed by atoms with Gasteiger partial charge in [0.05, 0.1) is 0 Å². The number of aromatic hydroxyl groups is 1. The molecule has 4 heteroatoms. The molecule has 0 spiro atoms. The summed E-state index contributed by atoms with van der Waals surface area (Å²) in [6.45, 7) is 16.6. The fraction of sp³-hybridized carbons (Fsp3) is 0.633. The predicted molar refractivity (Wildman–Crippen MR) is 137 cm³/mol. The van der Waals surface area contributed by atoms with E-state index in [2.05, 4.69) is 53.7 Å². The molecule has 3 unspecified atom stereocenters. The quantitative estimate of drug-likeness (QED) is 0.331. The van der Waals surface area contributed by atoms with Crippen molar-refractivity contribution in [2.75, 3.05) is 0 Å². The minimum atomic E-state index is -0.333. The topological polar surface area (TPSA) is 55.8 Å². The number of ketones is 1. The molecule has 2 bridgehead atoms. The Morgan fingerprint density at radius 3 is 2.47 bits per heavy atom. The van der Waals surface area contributed by atoms with Crippen LogP contribution in [0.2, 0.25) is 0 Å². The second-order valence-corrected chi connectivity index (χ2v) is 12.1. The standard InChI is InChI=1S/C30H42O4/c1-17(2)10-9-11-19(5)12-13-20-26(32)24(25(31)18(3)4)28-23-21-16-30(8,34-28)15-14-22(21)29(6,7)33-27(20)23/h10,12,18,21-22,32H,9,11,13-16H2,1-8H3. The van der Waals surface area contributed by atoms with E-state index in [4.69, 9.17) is 9.47 Å². The van der Waals surface area contributed by atoms with Crippen LogP contribution in [0, 0.1) is 11.8 Å². The molecule has 0 aromatic heterocycles. The molecule has 1 fully saturated rings. The largest absolute Gasteiger partial charge is 0.507 e. The maximum atomic E-state index is 13.4. The lowest BCUT2D eigenvalue weighted by Crippen LogP contribution is -2.54.